The van der Waals surface area contributed by atoms with Crippen LogP contribution in [0.5, 0.6) is 5.75 Å². The van der Waals surface area contributed by atoms with Crippen molar-refractivity contribution in [2.45, 2.75) is 20.8 Å². The van der Waals surface area contributed by atoms with Crippen molar-refractivity contribution >= 4 is 5.91 Å². The second kappa shape index (κ2) is 6.65. The number of hydrogen-bond donors (Lipinski definition) is 1. The zero-order chi connectivity index (χ0) is 13.4. The van der Waals surface area contributed by atoms with E-state index in [1.54, 1.807) is 18.5 Å². The molecule has 0 bridgehead atoms. The predicted octanol–water partition coefficient (Wildman–Crippen LogP) is 1.63. The predicted molar refractivity (Wildman–Crippen MR) is 70.0 cm³/mol. The second-order valence-corrected chi connectivity index (χ2v) is 4.76. The lowest BCUT2D eigenvalue weighted by Gasteiger charge is -2.15. The molecule has 1 amide bonds. The summed E-state index contributed by atoms with van der Waals surface area (Å²) >= 11 is 0. The third kappa shape index (κ3) is 5.35. The summed E-state index contributed by atoms with van der Waals surface area (Å²) in [5, 5.41) is 2.74. The van der Waals surface area contributed by atoms with E-state index in [1.165, 1.54) is 0 Å². The molecule has 96 valence electrons. The summed E-state index contributed by atoms with van der Waals surface area (Å²) in [6.07, 6.45) is 3.31. The molecule has 4 heteroatoms. The molecule has 0 saturated heterocycles. The fourth-order valence-electron chi connectivity index (χ4n) is 1.06. The van der Waals surface area contributed by atoms with Gasteiger partial charge in [0, 0.05) is 11.6 Å². The lowest BCUT2D eigenvalue weighted by atomic mass is 9.96. The van der Waals surface area contributed by atoms with E-state index in [4.69, 9.17) is 4.74 Å². The van der Waals surface area contributed by atoms with Crippen molar-refractivity contribution in [1.29, 1.82) is 0 Å². The topological polar surface area (TPSA) is 51.2 Å². The maximum Gasteiger partial charge on any atom is 0.226 e. The van der Waals surface area contributed by atoms with Gasteiger partial charge >= 0.3 is 0 Å². The van der Waals surface area contributed by atoms with Crippen LogP contribution >= 0.6 is 0 Å². The molecule has 0 spiro atoms. The lowest BCUT2D eigenvalue weighted by Crippen LogP contribution is -2.34. The van der Waals surface area contributed by atoms with Gasteiger partial charge in [0.1, 0.15) is 12.4 Å². The number of aromatic nitrogens is 1. The zero-order valence-corrected chi connectivity index (χ0v) is 11.0. The van der Waals surface area contributed by atoms with Gasteiger partial charge in [0.2, 0.25) is 5.91 Å². The Morgan fingerprint density at radius 3 is 2.83 bits per heavy atom. The Labute approximate surface area is 108 Å². The van der Waals surface area contributed by atoms with Crippen molar-refractivity contribution < 1.29 is 9.53 Å². The molecule has 1 aromatic heterocycles. The molecule has 0 fully saturated rings. The van der Waals surface area contributed by atoms with E-state index < -0.39 is 0 Å². The van der Waals surface area contributed by atoms with Gasteiger partial charge in [-0.25, -0.2) is 0 Å². The van der Waals surface area contributed by atoms with Crippen molar-refractivity contribution in [2.75, 3.05) is 13.2 Å². The molecule has 0 aliphatic rings. The minimum atomic E-state index is -0.381. The number of pyridine rings is 1. The second-order valence-electron chi connectivity index (χ2n) is 4.76. The Hall–Kier alpha value is -2.02. The summed E-state index contributed by atoms with van der Waals surface area (Å²) in [7, 11) is 0. The standard InChI is InChI=1S/C14H18N2O2/c1-14(2,3)13(17)16-9-4-5-10-18-12-7-6-8-15-11-12/h6-8,11H,9-10H2,1-3H3,(H,16,17). The molecule has 4 nitrogen and oxygen atoms in total. The molecule has 1 aromatic rings. The number of rotatable bonds is 3. The Morgan fingerprint density at radius 1 is 1.44 bits per heavy atom. The highest BCUT2D eigenvalue weighted by Gasteiger charge is 2.19. The first-order valence-electron chi connectivity index (χ1n) is 5.77. The normalized spacial score (nSPS) is 10.2. The lowest BCUT2D eigenvalue weighted by molar-refractivity contribution is -0.128. The van der Waals surface area contributed by atoms with Gasteiger partial charge in [-0.1, -0.05) is 32.6 Å². The fourth-order valence-corrected chi connectivity index (χ4v) is 1.06. The van der Waals surface area contributed by atoms with Crippen LogP contribution in [-0.4, -0.2) is 24.0 Å². The Bertz CT molecular complexity index is 438. The largest absolute Gasteiger partial charge is 0.479 e. The molecule has 1 heterocycles. The number of nitrogens with one attached hydrogen (secondary N) is 1. The quantitative estimate of drug-likeness (QED) is 0.825. The highest BCUT2D eigenvalue weighted by atomic mass is 16.5. The average molecular weight is 246 g/mol. The first kappa shape index (κ1) is 14.0. The first-order chi connectivity index (χ1) is 8.50. The highest BCUT2D eigenvalue weighted by molar-refractivity contribution is 5.81. The summed E-state index contributed by atoms with van der Waals surface area (Å²) in [6, 6.07) is 3.61. The number of ether oxygens (including phenoxy) is 1. The molecule has 1 N–H and O–H groups in total. The smallest absolute Gasteiger partial charge is 0.226 e. The van der Waals surface area contributed by atoms with Gasteiger partial charge < -0.3 is 10.1 Å². The van der Waals surface area contributed by atoms with Crippen LogP contribution in [0.4, 0.5) is 0 Å². The van der Waals surface area contributed by atoms with Gasteiger partial charge in [-0.05, 0) is 12.1 Å². The molecule has 0 atom stereocenters. The molecular weight excluding hydrogens is 228 g/mol. The molecule has 0 aliphatic carbocycles. The van der Waals surface area contributed by atoms with Gasteiger partial charge in [-0.2, -0.15) is 0 Å². The maximum atomic E-state index is 11.5. The zero-order valence-electron chi connectivity index (χ0n) is 11.0. The van der Waals surface area contributed by atoms with E-state index in [0.717, 1.165) is 0 Å². The Balaban J connectivity index is 2.22. The summed E-state index contributed by atoms with van der Waals surface area (Å²) in [5.41, 5.74) is -0.381. The van der Waals surface area contributed by atoms with Crippen LogP contribution in [0.3, 0.4) is 0 Å². The molecule has 0 unspecified atom stereocenters. The van der Waals surface area contributed by atoms with Gasteiger partial charge in [0.25, 0.3) is 0 Å². The molecule has 0 aliphatic heterocycles. The van der Waals surface area contributed by atoms with E-state index in [0.29, 0.717) is 12.3 Å². The monoisotopic (exact) mass is 246 g/mol. The van der Waals surface area contributed by atoms with Crippen LogP contribution in [0.1, 0.15) is 20.8 Å². The summed E-state index contributed by atoms with van der Waals surface area (Å²) in [6.45, 7) is 6.22. The third-order valence-electron chi connectivity index (χ3n) is 2.09. The van der Waals surface area contributed by atoms with E-state index in [1.807, 2.05) is 26.8 Å². The van der Waals surface area contributed by atoms with Gasteiger partial charge in [0.05, 0.1) is 12.7 Å². The van der Waals surface area contributed by atoms with Gasteiger partial charge in [-0.15, -0.1) is 0 Å². The fraction of sp³-hybridized carbons (Fsp3) is 0.429. The van der Waals surface area contributed by atoms with E-state index >= 15 is 0 Å². The minimum Gasteiger partial charge on any atom is -0.479 e. The number of carbonyl (C=O) groups excluding carboxylic acids is 1. The van der Waals surface area contributed by atoms with Crippen molar-refractivity contribution in [3.8, 4) is 17.6 Å². The van der Waals surface area contributed by atoms with Crippen LogP contribution in [0.15, 0.2) is 24.5 Å². The van der Waals surface area contributed by atoms with E-state index in [9.17, 15) is 4.79 Å². The Morgan fingerprint density at radius 2 is 2.22 bits per heavy atom. The van der Waals surface area contributed by atoms with Crippen LogP contribution in [0, 0.1) is 17.3 Å². The van der Waals surface area contributed by atoms with Crippen molar-refractivity contribution in [2.24, 2.45) is 5.41 Å². The highest BCUT2D eigenvalue weighted by Crippen LogP contribution is 2.11. The number of hydrogen-bond acceptors (Lipinski definition) is 3. The van der Waals surface area contributed by atoms with Crippen molar-refractivity contribution in [3.63, 3.8) is 0 Å². The van der Waals surface area contributed by atoms with Crippen molar-refractivity contribution in [3.05, 3.63) is 24.5 Å². The van der Waals surface area contributed by atoms with Crippen LogP contribution < -0.4 is 10.1 Å². The number of nitrogens with zero attached hydrogens (tertiary/aromatic N) is 1. The number of carbonyl (C=O) groups is 1. The number of amides is 1. The van der Waals surface area contributed by atoms with Crippen LogP contribution in [0.25, 0.3) is 0 Å². The Kier molecular flexibility index (Phi) is 5.19. The van der Waals surface area contributed by atoms with Gasteiger partial charge in [0.15, 0.2) is 0 Å². The average Bonchev–Trinajstić information content (AvgIpc) is 2.33. The van der Waals surface area contributed by atoms with E-state index in [2.05, 4.69) is 22.1 Å². The molecule has 0 radical (unpaired) electrons. The molecule has 18 heavy (non-hydrogen) atoms. The first-order valence-corrected chi connectivity index (χ1v) is 5.77. The molecule has 1 rings (SSSR count). The van der Waals surface area contributed by atoms with E-state index in [-0.39, 0.29) is 17.9 Å². The van der Waals surface area contributed by atoms with Crippen LogP contribution in [-0.2, 0) is 4.79 Å². The van der Waals surface area contributed by atoms with Crippen molar-refractivity contribution in [1.82, 2.24) is 10.3 Å². The summed E-state index contributed by atoms with van der Waals surface area (Å²) < 4.78 is 5.33. The summed E-state index contributed by atoms with van der Waals surface area (Å²) in [4.78, 5) is 15.4. The third-order valence-corrected chi connectivity index (χ3v) is 2.09. The SMILES string of the molecule is CC(C)(C)C(=O)NCC#CCOc1cccnc1. The molecule has 0 saturated carbocycles. The summed E-state index contributed by atoms with van der Waals surface area (Å²) in [5.74, 6) is 6.33. The van der Waals surface area contributed by atoms with Gasteiger partial charge in [-0.3, -0.25) is 9.78 Å². The van der Waals surface area contributed by atoms with Crippen LogP contribution in [0.2, 0.25) is 0 Å². The minimum absolute atomic E-state index is 0.00928. The maximum absolute atomic E-state index is 11.5. The molecule has 0 aromatic carbocycles. The molecular formula is C14H18N2O2.